The van der Waals surface area contributed by atoms with E-state index in [0.29, 0.717) is 6.54 Å². The minimum atomic E-state index is 0.0828. The monoisotopic (exact) mass is 167 g/mol. The van der Waals surface area contributed by atoms with E-state index in [4.69, 9.17) is 5.73 Å². The number of nitrogens with one attached hydrogen (secondary N) is 1. The van der Waals surface area contributed by atoms with Crippen molar-refractivity contribution in [2.75, 3.05) is 0 Å². The Bertz CT molecular complexity index is 268. The van der Waals surface area contributed by atoms with Gasteiger partial charge in [-0.15, -0.1) is 0 Å². The van der Waals surface area contributed by atoms with Crippen LogP contribution in [0.1, 0.15) is 38.0 Å². The summed E-state index contributed by atoms with van der Waals surface area (Å²) >= 11 is 0. The minimum Gasteiger partial charge on any atom is -0.345 e. The molecule has 0 atom stereocenters. The molecule has 68 valence electrons. The van der Waals surface area contributed by atoms with Gasteiger partial charge in [0.15, 0.2) is 0 Å². The van der Waals surface area contributed by atoms with Crippen molar-refractivity contribution >= 4 is 0 Å². The molecule has 0 aliphatic rings. The summed E-state index contributed by atoms with van der Waals surface area (Å²) in [5.74, 6) is 0.945. The van der Waals surface area contributed by atoms with Crippen molar-refractivity contribution in [3.05, 3.63) is 17.2 Å². The molecule has 1 aromatic rings. The van der Waals surface area contributed by atoms with Gasteiger partial charge in [-0.2, -0.15) is 0 Å². The van der Waals surface area contributed by atoms with E-state index in [1.807, 2.05) is 6.92 Å². The van der Waals surface area contributed by atoms with Crippen molar-refractivity contribution in [2.24, 2.45) is 5.73 Å². The summed E-state index contributed by atoms with van der Waals surface area (Å²) in [5, 5.41) is 0. The second-order valence-corrected chi connectivity index (χ2v) is 4.10. The molecule has 1 heterocycles. The fourth-order valence-corrected chi connectivity index (χ4v) is 1.31. The van der Waals surface area contributed by atoms with Crippen molar-refractivity contribution in [3.63, 3.8) is 0 Å². The van der Waals surface area contributed by atoms with E-state index in [2.05, 4.69) is 30.7 Å². The van der Waals surface area contributed by atoms with Crippen LogP contribution < -0.4 is 5.73 Å². The molecule has 0 saturated carbocycles. The van der Waals surface area contributed by atoms with E-state index in [0.717, 1.165) is 17.2 Å². The molecule has 0 unspecified atom stereocenters. The average molecular weight is 167 g/mol. The van der Waals surface area contributed by atoms with Crippen LogP contribution in [0.4, 0.5) is 0 Å². The summed E-state index contributed by atoms with van der Waals surface area (Å²) in [6.07, 6.45) is 0. The smallest absolute Gasteiger partial charge is 0.103 e. The number of nitrogens with two attached hydrogens (primary N) is 1. The summed E-state index contributed by atoms with van der Waals surface area (Å²) in [6.45, 7) is 8.91. The molecule has 12 heavy (non-hydrogen) atoms. The molecule has 3 heteroatoms. The van der Waals surface area contributed by atoms with Crippen molar-refractivity contribution in [2.45, 2.75) is 39.7 Å². The number of rotatable bonds is 1. The molecule has 0 aromatic carbocycles. The highest BCUT2D eigenvalue weighted by Gasteiger charge is 2.20. The Balaban J connectivity index is 3.13. The van der Waals surface area contributed by atoms with E-state index >= 15 is 0 Å². The summed E-state index contributed by atoms with van der Waals surface area (Å²) in [7, 11) is 0. The van der Waals surface area contributed by atoms with Crippen molar-refractivity contribution < 1.29 is 0 Å². The lowest BCUT2D eigenvalue weighted by Gasteiger charge is -2.16. The van der Waals surface area contributed by atoms with Gasteiger partial charge in [0.2, 0.25) is 0 Å². The van der Waals surface area contributed by atoms with Gasteiger partial charge in [-0.25, -0.2) is 4.98 Å². The van der Waals surface area contributed by atoms with Gasteiger partial charge in [-0.3, -0.25) is 0 Å². The number of H-pyrrole nitrogens is 1. The van der Waals surface area contributed by atoms with Crippen molar-refractivity contribution in [1.82, 2.24) is 9.97 Å². The summed E-state index contributed by atoms with van der Waals surface area (Å²) in [4.78, 5) is 7.58. The predicted octanol–water partition coefficient (Wildman–Crippen LogP) is 1.47. The Kier molecular flexibility index (Phi) is 2.24. The van der Waals surface area contributed by atoms with Gasteiger partial charge in [0.05, 0.1) is 11.4 Å². The van der Waals surface area contributed by atoms with E-state index < -0.39 is 0 Å². The van der Waals surface area contributed by atoms with Crippen molar-refractivity contribution in [1.29, 1.82) is 0 Å². The summed E-state index contributed by atoms with van der Waals surface area (Å²) in [5.41, 5.74) is 7.81. The van der Waals surface area contributed by atoms with Crippen LogP contribution in [0.5, 0.6) is 0 Å². The Hall–Kier alpha value is -0.830. The zero-order valence-corrected chi connectivity index (χ0v) is 8.23. The Morgan fingerprint density at radius 2 is 2.00 bits per heavy atom. The predicted molar refractivity (Wildman–Crippen MR) is 49.9 cm³/mol. The van der Waals surface area contributed by atoms with Gasteiger partial charge in [-0.1, -0.05) is 20.8 Å². The molecule has 3 N–H and O–H groups in total. The first-order chi connectivity index (χ1) is 5.45. The molecule has 0 saturated heterocycles. The topological polar surface area (TPSA) is 54.7 Å². The number of aromatic amines is 1. The summed E-state index contributed by atoms with van der Waals surface area (Å²) < 4.78 is 0. The number of aromatic nitrogens is 2. The van der Waals surface area contributed by atoms with E-state index in [-0.39, 0.29) is 5.41 Å². The zero-order valence-electron chi connectivity index (χ0n) is 8.23. The lowest BCUT2D eigenvalue weighted by atomic mass is 9.91. The highest BCUT2D eigenvalue weighted by molar-refractivity contribution is 5.21. The van der Waals surface area contributed by atoms with Crippen LogP contribution in [0, 0.1) is 6.92 Å². The van der Waals surface area contributed by atoms with Crippen LogP contribution in [0.3, 0.4) is 0 Å². The van der Waals surface area contributed by atoms with Gasteiger partial charge in [0.25, 0.3) is 0 Å². The molecule has 0 amide bonds. The number of imidazole rings is 1. The second-order valence-electron chi connectivity index (χ2n) is 4.10. The lowest BCUT2D eigenvalue weighted by molar-refractivity contribution is 0.564. The molecule has 0 fully saturated rings. The maximum atomic E-state index is 5.59. The standard InChI is InChI=1S/C9H17N3/c1-6-11-7(5-10)8(12-6)9(2,3)4/h5,10H2,1-4H3,(H,11,12). The highest BCUT2D eigenvalue weighted by atomic mass is 14.9. The van der Waals surface area contributed by atoms with Gasteiger partial charge in [-0.05, 0) is 6.92 Å². The first-order valence-corrected chi connectivity index (χ1v) is 4.21. The highest BCUT2D eigenvalue weighted by Crippen LogP contribution is 2.23. The molecule has 0 radical (unpaired) electrons. The average Bonchev–Trinajstić information content (AvgIpc) is 2.29. The third kappa shape index (κ3) is 1.67. The molecule has 0 bridgehead atoms. The first-order valence-electron chi connectivity index (χ1n) is 4.21. The minimum absolute atomic E-state index is 0.0828. The maximum Gasteiger partial charge on any atom is 0.103 e. The molecule has 1 rings (SSSR count). The van der Waals surface area contributed by atoms with E-state index in [9.17, 15) is 0 Å². The van der Waals surface area contributed by atoms with E-state index in [1.54, 1.807) is 0 Å². The molecular formula is C9H17N3. The van der Waals surface area contributed by atoms with Crippen LogP contribution in [0.15, 0.2) is 0 Å². The van der Waals surface area contributed by atoms with Crippen LogP contribution >= 0.6 is 0 Å². The fraction of sp³-hybridized carbons (Fsp3) is 0.667. The first kappa shape index (κ1) is 9.26. The SMILES string of the molecule is Cc1nc(C(C)(C)C)c(CN)[nH]1. The molecule has 1 aromatic heterocycles. The Labute approximate surface area is 73.4 Å². The van der Waals surface area contributed by atoms with Crippen LogP contribution in [-0.2, 0) is 12.0 Å². The van der Waals surface area contributed by atoms with Crippen LogP contribution in [0.25, 0.3) is 0 Å². The second kappa shape index (κ2) is 2.90. The lowest BCUT2D eigenvalue weighted by Crippen LogP contribution is -2.16. The van der Waals surface area contributed by atoms with Gasteiger partial charge < -0.3 is 10.7 Å². The Morgan fingerprint density at radius 3 is 2.33 bits per heavy atom. The number of nitrogens with zero attached hydrogens (tertiary/aromatic N) is 1. The van der Waals surface area contributed by atoms with Crippen LogP contribution in [-0.4, -0.2) is 9.97 Å². The molecule has 3 nitrogen and oxygen atoms in total. The Morgan fingerprint density at radius 1 is 1.42 bits per heavy atom. The number of hydrogen-bond donors (Lipinski definition) is 2. The molecule has 0 spiro atoms. The van der Waals surface area contributed by atoms with Gasteiger partial charge in [0.1, 0.15) is 5.82 Å². The molecule has 0 aliphatic heterocycles. The number of hydrogen-bond acceptors (Lipinski definition) is 2. The normalized spacial score (nSPS) is 12.1. The van der Waals surface area contributed by atoms with E-state index in [1.165, 1.54) is 0 Å². The third-order valence-corrected chi connectivity index (χ3v) is 1.81. The zero-order chi connectivity index (χ0) is 9.35. The quantitative estimate of drug-likeness (QED) is 0.665. The largest absolute Gasteiger partial charge is 0.345 e. The maximum absolute atomic E-state index is 5.59. The van der Waals surface area contributed by atoms with Gasteiger partial charge >= 0.3 is 0 Å². The van der Waals surface area contributed by atoms with Crippen LogP contribution in [0.2, 0.25) is 0 Å². The third-order valence-electron chi connectivity index (χ3n) is 1.81. The van der Waals surface area contributed by atoms with Gasteiger partial charge in [0, 0.05) is 12.0 Å². The summed E-state index contributed by atoms with van der Waals surface area (Å²) in [6, 6.07) is 0. The molecular weight excluding hydrogens is 150 g/mol. The molecule has 0 aliphatic carbocycles. The number of aryl methyl sites for hydroxylation is 1. The fourth-order valence-electron chi connectivity index (χ4n) is 1.31. The van der Waals surface area contributed by atoms with Crippen molar-refractivity contribution in [3.8, 4) is 0 Å².